The average molecular weight is 301 g/mol. The van der Waals surface area contributed by atoms with Gasteiger partial charge in [0.15, 0.2) is 11.4 Å². The second kappa shape index (κ2) is 7.09. The highest BCUT2D eigenvalue weighted by Gasteiger charge is 2.26. The molecule has 0 amide bonds. The molecule has 0 unspecified atom stereocenters. The van der Waals surface area contributed by atoms with Crippen molar-refractivity contribution in [3.05, 3.63) is 28.6 Å². The molecule has 110 valence electrons. The second-order valence-electron chi connectivity index (χ2n) is 3.94. The molecule has 0 saturated carbocycles. The molecule has 0 aliphatic carbocycles. The third-order valence-electron chi connectivity index (χ3n) is 2.45. The molecular formula is C13H17ClN2O4. The molecule has 6 nitrogen and oxygen atoms in total. The van der Waals surface area contributed by atoms with Gasteiger partial charge in [-0.25, -0.2) is 9.59 Å². The maximum absolute atomic E-state index is 12.0. The zero-order valence-corrected chi connectivity index (χ0v) is 12.5. The smallest absolute Gasteiger partial charge is 0.359 e. The van der Waals surface area contributed by atoms with Gasteiger partial charge in [-0.1, -0.05) is 18.2 Å². The molecule has 20 heavy (non-hydrogen) atoms. The van der Waals surface area contributed by atoms with Crippen LogP contribution in [0.2, 0.25) is 0 Å². The summed E-state index contributed by atoms with van der Waals surface area (Å²) in [6, 6.07) is 0. The molecule has 0 radical (unpaired) electrons. The quantitative estimate of drug-likeness (QED) is 0.754. The maximum atomic E-state index is 12.0. The van der Waals surface area contributed by atoms with Crippen LogP contribution in [0.5, 0.6) is 0 Å². The fraction of sp³-hybridized carbons (Fsp3) is 0.462. The molecule has 0 atom stereocenters. The Labute approximate surface area is 122 Å². The SMILES string of the molecule is C=C(Cl)Cn1nc(C(=O)OCC)c(C)c1C(=O)OCC. The largest absolute Gasteiger partial charge is 0.461 e. The van der Waals surface area contributed by atoms with Crippen molar-refractivity contribution in [2.45, 2.75) is 27.3 Å². The summed E-state index contributed by atoms with van der Waals surface area (Å²) in [5.74, 6) is -1.15. The van der Waals surface area contributed by atoms with Crippen molar-refractivity contribution in [3.63, 3.8) is 0 Å². The van der Waals surface area contributed by atoms with Crippen LogP contribution in [0.15, 0.2) is 11.6 Å². The number of aromatic nitrogens is 2. The summed E-state index contributed by atoms with van der Waals surface area (Å²) in [4.78, 5) is 23.7. The zero-order chi connectivity index (χ0) is 15.3. The van der Waals surface area contributed by atoms with E-state index in [-0.39, 0.29) is 36.2 Å². The Balaban J connectivity index is 3.27. The number of hydrogen-bond donors (Lipinski definition) is 0. The molecule has 7 heteroatoms. The Hall–Kier alpha value is -1.82. The number of hydrogen-bond acceptors (Lipinski definition) is 5. The molecule has 0 saturated heterocycles. The van der Waals surface area contributed by atoms with Gasteiger partial charge in [0, 0.05) is 10.6 Å². The molecule has 0 aliphatic heterocycles. The first-order chi connectivity index (χ1) is 9.42. The number of esters is 2. The van der Waals surface area contributed by atoms with Crippen molar-refractivity contribution in [1.82, 2.24) is 9.78 Å². The topological polar surface area (TPSA) is 70.4 Å². The highest BCUT2D eigenvalue weighted by atomic mass is 35.5. The van der Waals surface area contributed by atoms with Crippen LogP contribution in [0.25, 0.3) is 0 Å². The lowest BCUT2D eigenvalue weighted by Gasteiger charge is -2.06. The van der Waals surface area contributed by atoms with E-state index in [0.29, 0.717) is 5.56 Å². The predicted octanol–water partition coefficient (Wildman–Crippen LogP) is 2.30. The number of allylic oxidation sites excluding steroid dienone is 1. The van der Waals surface area contributed by atoms with Crippen molar-refractivity contribution >= 4 is 23.5 Å². The number of nitrogens with zero attached hydrogens (tertiary/aromatic N) is 2. The van der Waals surface area contributed by atoms with Crippen molar-refractivity contribution in [3.8, 4) is 0 Å². The fourth-order valence-electron chi connectivity index (χ4n) is 1.68. The van der Waals surface area contributed by atoms with Gasteiger partial charge in [0.25, 0.3) is 0 Å². The van der Waals surface area contributed by atoms with Crippen molar-refractivity contribution in [2.24, 2.45) is 0 Å². The van der Waals surface area contributed by atoms with E-state index in [9.17, 15) is 9.59 Å². The molecule has 0 spiro atoms. The minimum atomic E-state index is -0.588. The van der Waals surface area contributed by atoms with Gasteiger partial charge in [0.05, 0.1) is 19.8 Å². The lowest BCUT2D eigenvalue weighted by molar-refractivity contribution is 0.0506. The van der Waals surface area contributed by atoms with Gasteiger partial charge in [-0.15, -0.1) is 0 Å². The summed E-state index contributed by atoms with van der Waals surface area (Å²) in [5.41, 5.74) is 0.657. The first-order valence-electron chi connectivity index (χ1n) is 6.17. The van der Waals surface area contributed by atoms with Crippen LogP contribution in [0, 0.1) is 6.92 Å². The Morgan fingerprint density at radius 2 is 1.80 bits per heavy atom. The van der Waals surface area contributed by atoms with Crippen molar-refractivity contribution in [1.29, 1.82) is 0 Å². The maximum Gasteiger partial charge on any atom is 0.359 e. The number of carbonyl (C=O) groups excluding carboxylic acids is 2. The summed E-state index contributed by atoms with van der Waals surface area (Å²) in [5, 5.41) is 4.35. The summed E-state index contributed by atoms with van der Waals surface area (Å²) >= 11 is 5.74. The van der Waals surface area contributed by atoms with Crippen LogP contribution >= 0.6 is 11.6 Å². The fourth-order valence-corrected chi connectivity index (χ4v) is 1.79. The molecule has 1 aromatic heterocycles. The minimum Gasteiger partial charge on any atom is -0.461 e. The summed E-state index contributed by atoms with van der Waals surface area (Å²) in [6.07, 6.45) is 0. The van der Waals surface area contributed by atoms with Crippen LogP contribution in [0.3, 0.4) is 0 Å². The Kier molecular flexibility index (Phi) is 5.76. The summed E-state index contributed by atoms with van der Waals surface area (Å²) < 4.78 is 11.2. The molecule has 0 aliphatic rings. The van der Waals surface area contributed by atoms with E-state index in [1.54, 1.807) is 20.8 Å². The Morgan fingerprint density at radius 3 is 2.30 bits per heavy atom. The van der Waals surface area contributed by atoms with Gasteiger partial charge >= 0.3 is 11.9 Å². The van der Waals surface area contributed by atoms with Crippen molar-refractivity contribution in [2.75, 3.05) is 13.2 Å². The molecular weight excluding hydrogens is 284 g/mol. The number of rotatable bonds is 6. The first kappa shape index (κ1) is 16.2. The highest BCUT2D eigenvalue weighted by molar-refractivity contribution is 6.29. The van der Waals surface area contributed by atoms with E-state index < -0.39 is 11.9 Å². The lowest BCUT2D eigenvalue weighted by atomic mass is 10.2. The van der Waals surface area contributed by atoms with Gasteiger partial charge < -0.3 is 9.47 Å². The second-order valence-corrected chi connectivity index (χ2v) is 4.47. The Bertz CT molecular complexity index is 537. The number of carbonyl (C=O) groups is 2. The average Bonchev–Trinajstić information content (AvgIpc) is 2.66. The van der Waals surface area contributed by atoms with Gasteiger partial charge in [-0.2, -0.15) is 5.10 Å². The standard InChI is InChI=1S/C13H17ClN2O4/c1-5-19-12(17)10-9(4)11(13(18)20-6-2)16(15-10)7-8(3)14/h3,5-7H2,1-2,4H3. The van der Waals surface area contributed by atoms with E-state index in [1.807, 2.05) is 0 Å². The normalized spacial score (nSPS) is 10.2. The van der Waals surface area contributed by atoms with E-state index in [2.05, 4.69) is 11.7 Å². The number of halogens is 1. The van der Waals surface area contributed by atoms with E-state index in [0.717, 1.165) is 0 Å². The Morgan fingerprint density at radius 1 is 1.25 bits per heavy atom. The molecule has 0 bridgehead atoms. The molecule has 1 heterocycles. The third-order valence-corrected chi connectivity index (χ3v) is 2.57. The molecule has 0 fully saturated rings. The van der Waals surface area contributed by atoms with E-state index >= 15 is 0 Å². The van der Waals surface area contributed by atoms with Crippen LogP contribution < -0.4 is 0 Å². The van der Waals surface area contributed by atoms with Gasteiger partial charge in [0.2, 0.25) is 0 Å². The number of ether oxygens (including phenoxy) is 2. The zero-order valence-electron chi connectivity index (χ0n) is 11.7. The van der Waals surface area contributed by atoms with Crippen molar-refractivity contribution < 1.29 is 19.1 Å². The van der Waals surface area contributed by atoms with Crippen LogP contribution in [0.4, 0.5) is 0 Å². The molecule has 1 aromatic rings. The predicted molar refractivity (Wildman–Crippen MR) is 73.9 cm³/mol. The summed E-state index contributed by atoms with van der Waals surface area (Å²) in [6.45, 7) is 9.10. The molecule has 0 N–H and O–H groups in total. The summed E-state index contributed by atoms with van der Waals surface area (Å²) in [7, 11) is 0. The lowest BCUT2D eigenvalue weighted by Crippen LogP contribution is -2.14. The monoisotopic (exact) mass is 300 g/mol. The van der Waals surface area contributed by atoms with Gasteiger partial charge in [-0.3, -0.25) is 4.68 Å². The minimum absolute atomic E-state index is 0.0767. The highest BCUT2D eigenvalue weighted by Crippen LogP contribution is 2.18. The van der Waals surface area contributed by atoms with Crippen LogP contribution in [-0.4, -0.2) is 34.9 Å². The van der Waals surface area contributed by atoms with E-state index in [4.69, 9.17) is 21.1 Å². The van der Waals surface area contributed by atoms with Crippen LogP contribution in [0.1, 0.15) is 40.4 Å². The molecule has 1 rings (SSSR count). The van der Waals surface area contributed by atoms with Gasteiger partial charge in [0.1, 0.15) is 0 Å². The first-order valence-corrected chi connectivity index (χ1v) is 6.55. The van der Waals surface area contributed by atoms with E-state index in [1.165, 1.54) is 4.68 Å². The van der Waals surface area contributed by atoms with Gasteiger partial charge in [-0.05, 0) is 20.8 Å². The molecule has 0 aromatic carbocycles. The van der Waals surface area contributed by atoms with Crippen LogP contribution in [-0.2, 0) is 16.0 Å². The third kappa shape index (κ3) is 3.60.